The van der Waals surface area contributed by atoms with Crippen LogP contribution in [0, 0.1) is 23.2 Å². The molecule has 0 aliphatic heterocycles. The summed E-state index contributed by atoms with van der Waals surface area (Å²) in [5.74, 6) is 3.45. The lowest BCUT2D eigenvalue weighted by molar-refractivity contribution is -0.129. The number of carbonyl (C=O) groups excluding carboxylic acids is 1. The molecule has 0 atom stereocenters. The van der Waals surface area contributed by atoms with Crippen LogP contribution in [-0.2, 0) is 16.1 Å². The molecule has 1 amide bonds. The van der Waals surface area contributed by atoms with Gasteiger partial charge < -0.3 is 9.47 Å². The summed E-state index contributed by atoms with van der Waals surface area (Å²) in [6, 6.07) is 5.79. The SMILES string of the molecule is COCc1cc(C=NNC(=O)CC23CC4CC(CC(C4)C2)C3)ccc1OC. The highest BCUT2D eigenvalue weighted by Crippen LogP contribution is 2.61. The second kappa shape index (κ2) is 7.63. The van der Waals surface area contributed by atoms with Crippen LogP contribution in [0.2, 0.25) is 0 Å². The lowest BCUT2D eigenvalue weighted by atomic mass is 9.49. The van der Waals surface area contributed by atoms with Gasteiger partial charge in [0.2, 0.25) is 5.91 Å². The van der Waals surface area contributed by atoms with E-state index < -0.39 is 0 Å². The predicted molar refractivity (Wildman–Crippen MR) is 105 cm³/mol. The van der Waals surface area contributed by atoms with Crippen molar-refractivity contribution in [2.45, 2.75) is 51.6 Å². The minimum absolute atomic E-state index is 0.0545. The second-order valence-electron chi connectivity index (χ2n) is 8.89. The highest BCUT2D eigenvalue weighted by molar-refractivity contribution is 5.83. The number of ether oxygens (including phenoxy) is 2. The highest BCUT2D eigenvalue weighted by Gasteiger charge is 2.51. The molecule has 4 fully saturated rings. The van der Waals surface area contributed by atoms with Crippen molar-refractivity contribution in [2.75, 3.05) is 14.2 Å². The van der Waals surface area contributed by atoms with Gasteiger partial charge in [-0.1, -0.05) is 0 Å². The van der Waals surface area contributed by atoms with E-state index in [2.05, 4.69) is 10.5 Å². The molecular weight excluding hydrogens is 340 g/mol. The maximum absolute atomic E-state index is 12.5. The fourth-order valence-corrected chi connectivity index (χ4v) is 6.21. The van der Waals surface area contributed by atoms with Crippen LogP contribution in [0.25, 0.3) is 0 Å². The number of benzene rings is 1. The summed E-state index contributed by atoms with van der Waals surface area (Å²) in [5.41, 5.74) is 4.88. The first-order chi connectivity index (χ1) is 13.1. The fraction of sp³-hybridized carbons (Fsp3) is 0.636. The van der Waals surface area contributed by atoms with Crippen molar-refractivity contribution in [3.8, 4) is 5.75 Å². The molecule has 0 radical (unpaired) electrons. The van der Waals surface area contributed by atoms with Crippen molar-refractivity contribution < 1.29 is 14.3 Å². The van der Waals surface area contributed by atoms with Crippen LogP contribution in [0.3, 0.4) is 0 Å². The number of rotatable bonds is 7. The lowest BCUT2D eigenvalue weighted by Gasteiger charge is -2.56. The summed E-state index contributed by atoms with van der Waals surface area (Å²) in [6.45, 7) is 0.475. The Hall–Kier alpha value is -1.88. The Morgan fingerprint density at radius 1 is 1.19 bits per heavy atom. The van der Waals surface area contributed by atoms with E-state index in [-0.39, 0.29) is 11.3 Å². The Morgan fingerprint density at radius 3 is 2.44 bits per heavy atom. The third kappa shape index (κ3) is 4.03. The monoisotopic (exact) mass is 370 g/mol. The van der Waals surface area contributed by atoms with Gasteiger partial charge in [0.1, 0.15) is 5.75 Å². The Kier molecular flexibility index (Phi) is 5.22. The molecule has 0 saturated heterocycles. The van der Waals surface area contributed by atoms with E-state index in [1.54, 1.807) is 20.4 Å². The molecule has 4 bridgehead atoms. The minimum atomic E-state index is 0.0545. The van der Waals surface area contributed by atoms with Gasteiger partial charge in [0, 0.05) is 19.1 Å². The van der Waals surface area contributed by atoms with Gasteiger partial charge in [-0.25, -0.2) is 5.43 Å². The lowest BCUT2D eigenvalue weighted by Crippen LogP contribution is -2.47. The van der Waals surface area contributed by atoms with Crippen molar-refractivity contribution in [1.82, 2.24) is 5.43 Å². The van der Waals surface area contributed by atoms with Crippen LogP contribution in [0.4, 0.5) is 0 Å². The molecule has 27 heavy (non-hydrogen) atoms. The molecule has 0 spiro atoms. The first-order valence-electron chi connectivity index (χ1n) is 10.1. The second-order valence-corrected chi connectivity index (χ2v) is 8.89. The zero-order valence-electron chi connectivity index (χ0n) is 16.4. The highest BCUT2D eigenvalue weighted by atomic mass is 16.5. The summed E-state index contributed by atoms with van der Waals surface area (Å²) in [6.07, 6.45) is 10.3. The normalized spacial score (nSPS) is 31.4. The van der Waals surface area contributed by atoms with Gasteiger partial charge in [-0.15, -0.1) is 0 Å². The number of hydrogen-bond acceptors (Lipinski definition) is 4. The van der Waals surface area contributed by atoms with Gasteiger partial charge in [-0.05, 0) is 85.5 Å². The van der Waals surface area contributed by atoms with E-state index in [0.717, 1.165) is 34.6 Å². The van der Waals surface area contributed by atoms with Crippen LogP contribution in [-0.4, -0.2) is 26.3 Å². The van der Waals surface area contributed by atoms with Crippen molar-refractivity contribution >= 4 is 12.1 Å². The average molecular weight is 370 g/mol. The molecule has 5 rings (SSSR count). The zero-order valence-corrected chi connectivity index (χ0v) is 16.4. The molecule has 4 aliphatic carbocycles. The summed E-state index contributed by atoms with van der Waals surface area (Å²) >= 11 is 0. The largest absolute Gasteiger partial charge is 0.496 e. The molecule has 0 aromatic heterocycles. The predicted octanol–water partition coefficient (Wildman–Crippen LogP) is 3.90. The third-order valence-electron chi connectivity index (χ3n) is 6.71. The van der Waals surface area contributed by atoms with Crippen molar-refractivity contribution in [2.24, 2.45) is 28.3 Å². The Morgan fingerprint density at radius 2 is 1.85 bits per heavy atom. The van der Waals surface area contributed by atoms with Crippen LogP contribution < -0.4 is 10.2 Å². The van der Waals surface area contributed by atoms with Gasteiger partial charge >= 0.3 is 0 Å². The maximum atomic E-state index is 12.5. The van der Waals surface area contributed by atoms with Crippen LogP contribution in [0.5, 0.6) is 5.75 Å². The summed E-state index contributed by atoms with van der Waals surface area (Å²) in [5, 5.41) is 4.19. The molecule has 0 unspecified atom stereocenters. The summed E-state index contributed by atoms with van der Waals surface area (Å²) in [7, 11) is 3.30. The number of nitrogens with zero attached hydrogens (tertiary/aromatic N) is 1. The topological polar surface area (TPSA) is 59.9 Å². The van der Waals surface area contributed by atoms with E-state index in [1.165, 1.54) is 38.5 Å². The van der Waals surface area contributed by atoms with Gasteiger partial charge in [0.05, 0.1) is 19.9 Å². The Bertz CT molecular complexity index is 693. The molecule has 146 valence electrons. The van der Waals surface area contributed by atoms with E-state index in [1.807, 2.05) is 18.2 Å². The van der Waals surface area contributed by atoms with Crippen molar-refractivity contribution in [3.63, 3.8) is 0 Å². The van der Waals surface area contributed by atoms with E-state index in [0.29, 0.717) is 13.0 Å². The molecule has 4 aliphatic rings. The van der Waals surface area contributed by atoms with E-state index >= 15 is 0 Å². The standard InChI is InChI=1S/C22H30N2O3/c1-26-14-19-8-15(3-4-20(19)27-2)13-23-24-21(25)12-22-9-16-5-17(10-22)7-18(6-16)11-22/h3-4,8,13,16-18H,5-7,9-12,14H2,1-2H3,(H,24,25). The Labute approximate surface area is 161 Å². The van der Waals surface area contributed by atoms with Crippen LogP contribution >= 0.6 is 0 Å². The molecule has 5 nitrogen and oxygen atoms in total. The molecule has 0 heterocycles. The van der Waals surface area contributed by atoms with Crippen molar-refractivity contribution in [1.29, 1.82) is 0 Å². The smallest absolute Gasteiger partial charge is 0.240 e. The number of amides is 1. The average Bonchev–Trinajstić information content (AvgIpc) is 2.60. The van der Waals surface area contributed by atoms with Gasteiger partial charge in [0.15, 0.2) is 0 Å². The third-order valence-corrected chi connectivity index (χ3v) is 6.71. The van der Waals surface area contributed by atoms with E-state index in [9.17, 15) is 4.79 Å². The zero-order chi connectivity index (χ0) is 18.9. The quantitative estimate of drug-likeness (QED) is 0.585. The number of carbonyl (C=O) groups is 1. The Balaban J connectivity index is 1.35. The molecular formula is C22H30N2O3. The number of hydrogen-bond donors (Lipinski definition) is 1. The van der Waals surface area contributed by atoms with Gasteiger partial charge in [-0.3, -0.25) is 4.79 Å². The first-order valence-corrected chi connectivity index (χ1v) is 10.1. The van der Waals surface area contributed by atoms with Gasteiger partial charge in [-0.2, -0.15) is 5.10 Å². The molecule has 5 heteroatoms. The molecule has 4 saturated carbocycles. The van der Waals surface area contributed by atoms with Gasteiger partial charge in [0.25, 0.3) is 0 Å². The molecule has 1 aromatic rings. The molecule has 1 aromatic carbocycles. The van der Waals surface area contributed by atoms with Crippen LogP contribution in [0.1, 0.15) is 56.1 Å². The fourth-order valence-electron chi connectivity index (χ4n) is 6.21. The number of methoxy groups -OCH3 is 2. The summed E-state index contributed by atoms with van der Waals surface area (Å²) in [4.78, 5) is 12.5. The van der Waals surface area contributed by atoms with Crippen molar-refractivity contribution in [3.05, 3.63) is 29.3 Å². The molecule has 1 N–H and O–H groups in total. The number of nitrogens with one attached hydrogen (secondary N) is 1. The first kappa shape index (κ1) is 18.5. The summed E-state index contributed by atoms with van der Waals surface area (Å²) < 4.78 is 10.5. The van der Waals surface area contributed by atoms with E-state index in [4.69, 9.17) is 9.47 Å². The van der Waals surface area contributed by atoms with Crippen LogP contribution in [0.15, 0.2) is 23.3 Å². The number of hydrazone groups is 1. The maximum Gasteiger partial charge on any atom is 0.240 e. The minimum Gasteiger partial charge on any atom is -0.496 e.